The van der Waals surface area contributed by atoms with Gasteiger partial charge in [0, 0.05) is 0 Å². The van der Waals surface area contributed by atoms with Crippen molar-refractivity contribution in [2.24, 2.45) is 0 Å². The van der Waals surface area contributed by atoms with Crippen LogP contribution in [0.3, 0.4) is 0 Å². The third-order valence-electron chi connectivity index (χ3n) is 2.71. The molecule has 0 saturated carbocycles. The Bertz CT molecular complexity index is 687. The zero-order chi connectivity index (χ0) is 14.5. The number of imidazole rings is 1. The number of rotatable bonds is 4. The van der Waals surface area contributed by atoms with Crippen LogP contribution in [0.2, 0.25) is 0 Å². The second-order valence-electron chi connectivity index (χ2n) is 4.10. The SMILES string of the molecule is C[C@@H](NC(=O)Cn1cnc(C#N)c1C#N)c1ccco1. The molecule has 0 aliphatic heterocycles. The average Bonchev–Trinajstić information content (AvgIpc) is 3.07. The van der Waals surface area contributed by atoms with Crippen LogP contribution in [0.4, 0.5) is 0 Å². The summed E-state index contributed by atoms with van der Waals surface area (Å²) in [4.78, 5) is 15.7. The Kier molecular flexibility index (Phi) is 3.82. The van der Waals surface area contributed by atoms with E-state index in [1.54, 1.807) is 25.1 Å². The van der Waals surface area contributed by atoms with Gasteiger partial charge in [-0.1, -0.05) is 0 Å². The van der Waals surface area contributed by atoms with E-state index in [-0.39, 0.29) is 29.9 Å². The van der Waals surface area contributed by atoms with Crippen molar-refractivity contribution in [2.75, 3.05) is 0 Å². The third-order valence-corrected chi connectivity index (χ3v) is 2.71. The largest absolute Gasteiger partial charge is 0.467 e. The van der Waals surface area contributed by atoms with E-state index in [4.69, 9.17) is 14.9 Å². The van der Waals surface area contributed by atoms with Gasteiger partial charge in [0.25, 0.3) is 0 Å². The van der Waals surface area contributed by atoms with Crippen LogP contribution in [0.5, 0.6) is 0 Å². The van der Waals surface area contributed by atoms with Crippen molar-refractivity contribution < 1.29 is 9.21 Å². The number of hydrogen-bond donors (Lipinski definition) is 1. The summed E-state index contributed by atoms with van der Waals surface area (Å²) < 4.78 is 6.52. The molecule has 0 fully saturated rings. The minimum atomic E-state index is -0.299. The van der Waals surface area contributed by atoms with E-state index in [9.17, 15) is 4.79 Å². The van der Waals surface area contributed by atoms with Gasteiger partial charge in [-0.2, -0.15) is 10.5 Å². The summed E-state index contributed by atoms with van der Waals surface area (Å²) in [6, 6.07) is 6.88. The molecular formula is C13H11N5O2. The fraction of sp³-hybridized carbons (Fsp3) is 0.231. The molecule has 1 N–H and O–H groups in total. The van der Waals surface area contributed by atoms with Crippen LogP contribution in [0, 0.1) is 22.7 Å². The lowest BCUT2D eigenvalue weighted by Crippen LogP contribution is -2.30. The van der Waals surface area contributed by atoms with E-state index in [0.717, 1.165) is 0 Å². The second-order valence-corrected chi connectivity index (χ2v) is 4.10. The van der Waals surface area contributed by atoms with Gasteiger partial charge in [-0.3, -0.25) is 4.79 Å². The van der Waals surface area contributed by atoms with Crippen molar-refractivity contribution in [1.82, 2.24) is 14.9 Å². The quantitative estimate of drug-likeness (QED) is 0.894. The maximum Gasteiger partial charge on any atom is 0.240 e. The topological polar surface area (TPSA) is 108 Å². The maximum atomic E-state index is 11.9. The highest BCUT2D eigenvalue weighted by Gasteiger charge is 2.15. The summed E-state index contributed by atoms with van der Waals surface area (Å²) in [7, 11) is 0. The van der Waals surface area contributed by atoms with E-state index in [2.05, 4.69) is 10.3 Å². The summed E-state index contributed by atoms with van der Waals surface area (Å²) in [5.74, 6) is 0.342. The smallest absolute Gasteiger partial charge is 0.240 e. The van der Waals surface area contributed by atoms with Gasteiger partial charge in [-0.25, -0.2) is 4.98 Å². The van der Waals surface area contributed by atoms with Gasteiger partial charge in [0.15, 0.2) is 11.4 Å². The molecule has 0 spiro atoms. The van der Waals surface area contributed by atoms with Crippen LogP contribution in [-0.2, 0) is 11.3 Å². The molecule has 1 amide bonds. The van der Waals surface area contributed by atoms with E-state index >= 15 is 0 Å². The minimum Gasteiger partial charge on any atom is -0.467 e. The summed E-state index contributed by atoms with van der Waals surface area (Å²) in [6.07, 6.45) is 2.83. The first-order chi connectivity index (χ1) is 9.65. The van der Waals surface area contributed by atoms with Crippen molar-refractivity contribution >= 4 is 5.91 Å². The monoisotopic (exact) mass is 269 g/mol. The molecule has 20 heavy (non-hydrogen) atoms. The molecule has 0 unspecified atom stereocenters. The number of amides is 1. The second kappa shape index (κ2) is 5.72. The Labute approximate surface area is 115 Å². The first kappa shape index (κ1) is 13.4. The molecule has 2 aromatic heterocycles. The van der Waals surface area contributed by atoms with Crippen LogP contribution in [0.1, 0.15) is 30.1 Å². The number of nitriles is 2. The van der Waals surface area contributed by atoms with Gasteiger partial charge in [0.05, 0.1) is 18.6 Å². The predicted octanol–water partition coefficient (Wildman–Crippen LogP) is 1.10. The van der Waals surface area contributed by atoms with Gasteiger partial charge in [0.2, 0.25) is 5.91 Å². The van der Waals surface area contributed by atoms with Crippen LogP contribution in [0.15, 0.2) is 29.1 Å². The average molecular weight is 269 g/mol. The molecule has 2 rings (SSSR count). The van der Waals surface area contributed by atoms with Crippen LogP contribution in [0.25, 0.3) is 0 Å². The number of nitrogens with one attached hydrogen (secondary N) is 1. The molecular weight excluding hydrogens is 258 g/mol. The Hall–Kier alpha value is -3.06. The summed E-state index contributed by atoms with van der Waals surface area (Å²) in [5, 5.41) is 20.5. The summed E-state index contributed by atoms with van der Waals surface area (Å²) in [6.45, 7) is 1.71. The normalized spacial score (nSPS) is 11.3. The van der Waals surface area contributed by atoms with E-state index < -0.39 is 0 Å². The predicted molar refractivity (Wildman–Crippen MR) is 66.9 cm³/mol. The van der Waals surface area contributed by atoms with Crippen molar-refractivity contribution in [1.29, 1.82) is 10.5 Å². The first-order valence-electron chi connectivity index (χ1n) is 5.83. The lowest BCUT2D eigenvalue weighted by molar-refractivity contribution is -0.122. The Morgan fingerprint density at radius 3 is 2.95 bits per heavy atom. The number of carbonyl (C=O) groups is 1. The molecule has 0 saturated heterocycles. The van der Waals surface area contributed by atoms with Gasteiger partial charge >= 0.3 is 0 Å². The van der Waals surface area contributed by atoms with Crippen molar-refractivity contribution in [3.63, 3.8) is 0 Å². The Morgan fingerprint density at radius 2 is 2.35 bits per heavy atom. The number of aromatic nitrogens is 2. The van der Waals surface area contributed by atoms with Crippen molar-refractivity contribution in [3.8, 4) is 12.1 Å². The minimum absolute atomic E-state index is 0.0133. The zero-order valence-corrected chi connectivity index (χ0v) is 10.7. The molecule has 2 aromatic rings. The fourth-order valence-corrected chi connectivity index (χ4v) is 1.75. The van der Waals surface area contributed by atoms with Gasteiger partial charge in [0.1, 0.15) is 24.4 Å². The van der Waals surface area contributed by atoms with Gasteiger partial charge in [-0.05, 0) is 19.1 Å². The lowest BCUT2D eigenvalue weighted by Gasteiger charge is -2.11. The molecule has 0 aromatic carbocycles. The molecule has 7 heteroatoms. The van der Waals surface area contributed by atoms with Crippen LogP contribution in [-0.4, -0.2) is 15.5 Å². The molecule has 0 bridgehead atoms. The molecule has 0 aliphatic carbocycles. The van der Waals surface area contributed by atoms with Gasteiger partial charge < -0.3 is 14.3 Å². The highest BCUT2D eigenvalue weighted by Crippen LogP contribution is 2.12. The van der Waals surface area contributed by atoms with E-state index in [1.807, 2.05) is 6.07 Å². The summed E-state index contributed by atoms with van der Waals surface area (Å²) >= 11 is 0. The van der Waals surface area contributed by atoms with Crippen LogP contribution >= 0.6 is 0 Å². The van der Waals surface area contributed by atoms with Crippen molar-refractivity contribution in [2.45, 2.75) is 19.5 Å². The zero-order valence-electron chi connectivity index (χ0n) is 10.7. The maximum absolute atomic E-state index is 11.9. The highest BCUT2D eigenvalue weighted by atomic mass is 16.3. The fourth-order valence-electron chi connectivity index (χ4n) is 1.75. The Balaban J connectivity index is 2.04. The number of nitrogens with zero attached hydrogens (tertiary/aromatic N) is 4. The molecule has 2 heterocycles. The number of carbonyl (C=O) groups excluding carboxylic acids is 1. The summed E-state index contributed by atoms with van der Waals surface area (Å²) in [5.41, 5.74) is 0.0904. The highest BCUT2D eigenvalue weighted by molar-refractivity contribution is 5.76. The first-order valence-corrected chi connectivity index (χ1v) is 5.83. The number of furan rings is 1. The lowest BCUT2D eigenvalue weighted by atomic mass is 10.2. The molecule has 0 radical (unpaired) electrons. The standard InChI is InChI=1S/C13H11N5O2/c1-9(12-3-2-4-20-12)17-13(19)7-18-8-16-10(5-14)11(18)6-15/h2-4,8-9H,7H2,1H3,(H,17,19)/t9-/m1/s1. The molecule has 0 aliphatic rings. The van der Waals surface area contributed by atoms with Crippen molar-refractivity contribution in [3.05, 3.63) is 41.9 Å². The van der Waals surface area contributed by atoms with E-state index in [0.29, 0.717) is 5.76 Å². The third kappa shape index (κ3) is 2.68. The molecule has 1 atom stereocenters. The molecule has 7 nitrogen and oxygen atoms in total. The van der Waals surface area contributed by atoms with E-state index in [1.165, 1.54) is 17.2 Å². The Morgan fingerprint density at radius 1 is 1.55 bits per heavy atom. The van der Waals surface area contributed by atoms with Gasteiger partial charge in [-0.15, -0.1) is 0 Å². The molecule has 100 valence electrons. The van der Waals surface area contributed by atoms with Crippen LogP contribution < -0.4 is 5.32 Å². The number of hydrogen-bond acceptors (Lipinski definition) is 5.